The van der Waals surface area contributed by atoms with Gasteiger partial charge in [0.15, 0.2) is 11.4 Å². The number of hydrogen-bond donors (Lipinski definition) is 2. The fraction of sp³-hybridized carbons (Fsp3) is 0.409. The summed E-state index contributed by atoms with van der Waals surface area (Å²) in [6.45, 7) is 2.70. The van der Waals surface area contributed by atoms with Gasteiger partial charge in [-0.1, -0.05) is 6.07 Å². The number of benzene rings is 1. The number of rotatable bonds is 6. The first-order valence-electron chi connectivity index (χ1n) is 10.2. The lowest BCUT2D eigenvalue weighted by Gasteiger charge is -2.39. The highest BCUT2D eigenvalue weighted by molar-refractivity contribution is 5.99. The van der Waals surface area contributed by atoms with Crippen LogP contribution in [-0.2, 0) is 17.8 Å². The van der Waals surface area contributed by atoms with E-state index >= 15 is 0 Å². The van der Waals surface area contributed by atoms with Crippen molar-refractivity contribution in [3.63, 3.8) is 0 Å². The molecule has 10 heteroatoms. The van der Waals surface area contributed by atoms with Gasteiger partial charge >= 0.3 is 0 Å². The van der Waals surface area contributed by atoms with Crippen LogP contribution < -0.4 is 10.7 Å². The Morgan fingerprint density at radius 3 is 2.75 bits per heavy atom. The molecule has 170 valence electrons. The Hall–Kier alpha value is -3.27. The summed E-state index contributed by atoms with van der Waals surface area (Å²) < 4.78 is 33.6. The van der Waals surface area contributed by atoms with E-state index < -0.39 is 40.2 Å². The molecule has 1 saturated carbocycles. The molecule has 1 aromatic heterocycles. The zero-order valence-electron chi connectivity index (χ0n) is 17.7. The van der Waals surface area contributed by atoms with E-state index in [1.165, 1.54) is 16.8 Å². The molecule has 8 nitrogen and oxygen atoms in total. The molecule has 2 atom stereocenters. The maximum atomic E-state index is 13.8. The highest BCUT2D eigenvalue weighted by atomic mass is 19.1. The minimum Gasteiger partial charge on any atom is -0.503 e. The molecule has 0 bridgehead atoms. The molecule has 0 radical (unpaired) electrons. The Kier molecular flexibility index (Phi) is 5.49. The number of aromatic hydroxyl groups is 1. The molecule has 2 N–H and O–H groups in total. The zero-order valence-corrected chi connectivity index (χ0v) is 17.7. The maximum Gasteiger partial charge on any atom is 0.275 e. The molecule has 2 heterocycles. The molecule has 2 amide bonds. The Morgan fingerprint density at radius 2 is 2.09 bits per heavy atom. The second-order valence-corrected chi connectivity index (χ2v) is 8.12. The highest BCUT2D eigenvalue weighted by Crippen LogP contribution is 2.52. The van der Waals surface area contributed by atoms with E-state index in [9.17, 15) is 28.3 Å². The summed E-state index contributed by atoms with van der Waals surface area (Å²) in [5, 5.41) is 12.9. The molecule has 2 aromatic rings. The zero-order chi connectivity index (χ0) is 23.2. The van der Waals surface area contributed by atoms with Crippen molar-refractivity contribution in [2.24, 2.45) is 5.92 Å². The largest absolute Gasteiger partial charge is 0.503 e. The van der Waals surface area contributed by atoms with Gasteiger partial charge in [-0.2, -0.15) is 0 Å². The molecule has 1 aliphatic carbocycles. The third kappa shape index (κ3) is 3.44. The van der Waals surface area contributed by atoms with Crippen LogP contribution in [0.2, 0.25) is 0 Å². The number of aromatic nitrogens is 1. The molecule has 2 aliphatic rings. The first kappa shape index (κ1) is 21.9. The molecular weight excluding hydrogens is 424 g/mol. The molecule has 1 fully saturated rings. The van der Waals surface area contributed by atoms with Crippen molar-refractivity contribution in [3.05, 3.63) is 63.1 Å². The van der Waals surface area contributed by atoms with Gasteiger partial charge in [0.25, 0.3) is 11.8 Å². The third-order valence-electron chi connectivity index (χ3n) is 6.27. The van der Waals surface area contributed by atoms with Gasteiger partial charge in [-0.05, 0) is 19.4 Å². The summed E-state index contributed by atoms with van der Waals surface area (Å²) in [5.74, 6) is -3.60. The smallest absolute Gasteiger partial charge is 0.275 e. The Morgan fingerprint density at radius 1 is 1.34 bits per heavy atom. The minimum atomic E-state index is -0.988. The monoisotopic (exact) mass is 447 g/mol. The van der Waals surface area contributed by atoms with Crippen molar-refractivity contribution in [1.29, 1.82) is 0 Å². The summed E-state index contributed by atoms with van der Waals surface area (Å²) in [7, 11) is 1.58. The van der Waals surface area contributed by atoms with Gasteiger partial charge in [0.1, 0.15) is 17.2 Å². The molecule has 1 aromatic carbocycles. The van der Waals surface area contributed by atoms with Gasteiger partial charge in [0.2, 0.25) is 5.43 Å². The number of ether oxygens (including phenoxy) is 1. The van der Waals surface area contributed by atoms with E-state index in [1.54, 1.807) is 12.0 Å². The summed E-state index contributed by atoms with van der Waals surface area (Å²) in [4.78, 5) is 40.0. The van der Waals surface area contributed by atoms with Crippen molar-refractivity contribution >= 4 is 11.8 Å². The van der Waals surface area contributed by atoms with Crippen LogP contribution in [0.5, 0.6) is 5.75 Å². The quantitative estimate of drug-likeness (QED) is 0.701. The second-order valence-electron chi connectivity index (χ2n) is 8.12. The number of fused-ring (bicyclic) bond motifs is 1. The SMILES string of the molecule is CCN1C(=O)c2c(O)c(=O)c(C(=O)NCc3ccc(F)cc3F)cn2CC12CC2COC. The standard InChI is InChI=1S/C22H23F2N3O5/c1-3-27-21(31)17-19(29)18(28)15(9-26(17)11-22(27)7-13(22)10-32-2)20(30)25-8-12-4-5-14(23)6-16(12)24/h4-6,9,13,29H,3,7-8,10-11H2,1-2H3,(H,25,30). The Balaban J connectivity index is 1.64. The highest BCUT2D eigenvalue weighted by Gasteiger charge is 2.62. The van der Waals surface area contributed by atoms with Gasteiger partial charge in [0.05, 0.1) is 12.1 Å². The second kappa shape index (κ2) is 8.01. The average Bonchev–Trinajstić information content (AvgIpc) is 3.41. The van der Waals surface area contributed by atoms with Crippen LogP contribution in [0, 0.1) is 17.6 Å². The third-order valence-corrected chi connectivity index (χ3v) is 6.27. The number of nitrogens with zero attached hydrogens (tertiary/aromatic N) is 2. The fourth-order valence-electron chi connectivity index (χ4n) is 4.57. The number of carbonyl (C=O) groups excluding carboxylic acids is 2. The summed E-state index contributed by atoms with van der Waals surface area (Å²) in [6.07, 6.45) is 1.96. The lowest BCUT2D eigenvalue weighted by atomic mass is 10.0. The van der Waals surface area contributed by atoms with Gasteiger partial charge in [-0.15, -0.1) is 0 Å². The molecular formula is C22H23F2N3O5. The number of amides is 2. The molecule has 1 aliphatic heterocycles. The van der Waals surface area contributed by atoms with Crippen molar-refractivity contribution in [3.8, 4) is 5.75 Å². The molecule has 4 rings (SSSR count). The normalized spacial score (nSPS) is 21.6. The average molecular weight is 447 g/mol. The summed E-state index contributed by atoms with van der Waals surface area (Å²) in [5.41, 5.74) is -1.98. The van der Waals surface area contributed by atoms with E-state index in [0.717, 1.165) is 6.07 Å². The van der Waals surface area contributed by atoms with E-state index in [-0.39, 0.29) is 29.3 Å². The predicted octanol–water partition coefficient (Wildman–Crippen LogP) is 1.64. The van der Waals surface area contributed by atoms with E-state index in [1.807, 2.05) is 6.92 Å². The Bertz CT molecular complexity index is 1160. The fourth-order valence-corrected chi connectivity index (χ4v) is 4.57. The van der Waals surface area contributed by atoms with Crippen molar-refractivity contribution < 1.29 is 28.2 Å². The summed E-state index contributed by atoms with van der Waals surface area (Å²) in [6, 6.07) is 2.94. The summed E-state index contributed by atoms with van der Waals surface area (Å²) >= 11 is 0. The van der Waals surface area contributed by atoms with Crippen molar-refractivity contribution in [2.75, 3.05) is 20.3 Å². The van der Waals surface area contributed by atoms with Crippen LogP contribution in [0.4, 0.5) is 8.78 Å². The van der Waals surface area contributed by atoms with Crippen LogP contribution in [0.15, 0.2) is 29.2 Å². The van der Waals surface area contributed by atoms with Crippen LogP contribution in [0.1, 0.15) is 39.8 Å². The van der Waals surface area contributed by atoms with Gasteiger partial charge in [-0.3, -0.25) is 14.4 Å². The molecule has 32 heavy (non-hydrogen) atoms. The number of likely N-dealkylation sites (N-methyl/N-ethyl adjacent to an activating group) is 1. The van der Waals surface area contributed by atoms with E-state index in [4.69, 9.17) is 4.74 Å². The van der Waals surface area contributed by atoms with E-state index in [2.05, 4.69) is 5.32 Å². The molecule has 2 unspecified atom stereocenters. The van der Waals surface area contributed by atoms with Crippen molar-refractivity contribution in [1.82, 2.24) is 14.8 Å². The van der Waals surface area contributed by atoms with Crippen LogP contribution >= 0.6 is 0 Å². The lowest BCUT2D eigenvalue weighted by Crippen LogP contribution is -2.52. The number of carbonyl (C=O) groups is 2. The number of pyridine rings is 1. The first-order valence-corrected chi connectivity index (χ1v) is 10.2. The van der Waals surface area contributed by atoms with Crippen LogP contribution in [0.3, 0.4) is 0 Å². The molecule has 0 saturated heterocycles. The number of hydrogen-bond acceptors (Lipinski definition) is 5. The number of nitrogens with one attached hydrogen (secondary N) is 1. The minimum absolute atomic E-state index is 0.0372. The van der Waals surface area contributed by atoms with E-state index in [0.29, 0.717) is 32.2 Å². The first-order chi connectivity index (χ1) is 15.2. The lowest BCUT2D eigenvalue weighted by molar-refractivity contribution is 0.0491. The van der Waals surface area contributed by atoms with Gasteiger partial charge < -0.3 is 24.6 Å². The van der Waals surface area contributed by atoms with Crippen molar-refractivity contribution in [2.45, 2.75) is 32.0 Å². The predicted molar refractivity (Wildman–Crippen MR) is 109 cm³/mol. The topological polar surface area (TPSA) is 101 Å². The maximum absolute atomic E-state index is 13.8. The van der Waals surface area contributed by atoms with Gasteiger partial charge in [-0.25, -0.2) is 8.78 Å². The Labute approximate surface area is 182 Å². The van der Waals surface area contributed by atoms with Crippen LogP contribution in [-0.4, -0.2) is 52.2 Å². The number of methoxy groups -OCH3 is 1. The number of halogens is 2. The van der Waals surface area contributed by atoms with Crippen LogP contribution in [0.25, 0.3) is 0 Å². The molecule has 1 spiro atoms. The van der Waals surface area contributed by atoms with Gasteiger partial charge in [0, 0.05) is 50.5 Å².